The van der Waals surface area contributed by atoms with Gasteiger partial charge in [0.15, 0.2) is 5.58 Å². The molecule has 2 fully saturated rings. The van der Waals surface area contributed by atoms with Gasteiger partial charge in [0.1, 0.15) is 11.3 Å². The normalized spacial score (nSPS) is 20.3. The predicted molar refractivity (Wildman–Crippen MR) is 132 cm³/mol. The van der Waals surface area contributed by atoms with Crippen LogP contribution in [0.4, 0.5) is 23.3 Å². The van der Waals surface area contributed by atoms with E-state index in [2.05, 4.69) is 55.2 Å². The Morgan fingerprint density at radius 2 is 1.82 bits per heavy atom. The Hall–Kier alpha value is -3.07. The predicted octanol–water partition coefficient (Wildman–Crippen LogP) is 5.19. The zero-order valence-electron chi connectivity index (χ0n) is 20.0. The first kappa shape index (κ1) is 21.5. The molecule has 0 unspecified atom stereocenters. The summed E-state index contributed by atoms with van der Waals surface area (Å²) < 4.78 is 5.99. The standard InChI is InChI=1S/C25H32N8O/c1-17(2)32-10-12-33(13-11-32)18-6-7-20(26-14-18)29-24-27-15-19-22(30-24)21-23(34-19)31-28-16-25(21)8-4-3-5-9-25/h6-7,14-15,17H,3-5,8-13,16H2,1-2H3,(H,26,27,29,30). The highest BCUT2D eigenvalue weighted by molar-refractivity contribution is 5.84. The van der Waals surface area contributed by atoms with Crippen molar-refractivity contribution in [2.24, 2.45) is 10.2 Å². The second kappa shape index (κ2) is 8.61. The van der Waals surface area contributed by atoms with Crippen molar-refractivity contribution in [3.8, 4) is 0 Å². The van der Waals surface area contributed by atoms with Gasteiger partial charge in [-0.25, -0.2) is 15.0 Å². The topological polar surface area (TPSA) is 95.0 Å². The lowest BCUT2D eigenvalue weighted by molar-refractivity contribution is 0.209. The van der Waals surface area contributed by atoms with E-state index in [0.717, 1.165) is 68.2 Å². The molecule has 1 spiro atoms. The van der Waals surface area contributed by atoms with Crippen molar-refractivity contribution in [2.75, 3.05) is 42.9 Å². The van der Waals surface area contributed by atoms with E-state index in [-0.39, 0.29) is 5.41 Å². The Kier molecular flexibility index (Phi) is 5.44. The van der Waals surface area contributed by atoms with E-state index in [1.54, 1.807) is 6.20 Å². The van der Waals surface area contributed by atoms with Crippen LogP contribution < -0.4 is 10.2 Å². The minimum absolute atomic E-state index is 0.00824. The lowest BCUT2D eigenvalue weighted by Crippen LogP contribution is -2.48. The van der Waals surface area contributed by atoms with Gasteiger partial charge in [-0.3, -0.25) is 4.90 Å². The molecule has 5 heterocycles. The fraction of sp³-hybridized carbons (Fsp3) is 0.560. The van der Waals surface area contributed by atoms with Crippen LogP contribution in [0.3, 0.4) is 0 Å². The van der Waals surface area contributed by atoms with Gasteiger partial charge in [0, 0.05) is 37.6 Å². The number of nitrogens with zero attached hydrogens (tertiary/aromatic N) is 7. The van der Waals surface area contributed by atoms with Crippen LogP contribution in [0.15, 0.2) is 39.2 Å². The van der Waals surface area contributed by atoms with E-state index in [4.69, 9.17) is 9.40 Å². The molecule has 0 bridgehead atoms. The average Bonchev–Trinajstić information content (AvgIpc) is 3.25. The first-order valence-corrected chi connectivity index (χ1v) is 12.5. The van der Waals surface area contributed by atoms with Crippen molar-refractivity contribution in [3.63, 3.8) is 0 Å². The molecule has 1 saturated carbocycles. The molecule has 1 N–H and O–H groups in total. The second-order valence-electron chi connectivity index (χ2n) is 10.1. The number of furan rings is 1. The summed E-state index contributed by atoms with van der Waals surface area (Å²) in [6.07, 6.45) is 9.58. The summed E-state index contributed by atoms with van der Waals surface area (Å²) in [5.74, 6) is 1.86. The number of hydrogen-bond donors (Lipinski definition) is 1. The smallest absolute Gasteiger partial charge is 0.244 e. The quantitative estimate of drug-likeness (QED) is 0.572. The Bertz CT molecular complexity index is 1190. The van der Waals surface area contributed by atoms with Crippen LogP contribution in [0, 0.1) is 0 Å². The molecule has 3 aliphatic rings. The third-order valence-electron chi connectivity index (χ3n) is 7.69. The van der Waals surface area contributed by atoms with E-state index in [9.17, 15) is 0 Å². The number of hydrogen-bond acceptors (Lipinski definition) is 9. The molecule has 6 rings (SSSR count). The van der Waals surface area contributed by atoms with Gasteiger partial charge in [-0.1, -0.05) is 19.3 Å². The molecular formula is C25H32N8O. The van der Waals surface area contributed by atoms with Gasteiger partial charge in [0.25, 0.3) is 0 Å². The van der Waals surface area contributed by atoms with Crippen LogP contribution in [0.1, 0.15) is 51.5 Å². The summed E-state index contributed by atoms with van der Waals surface area (Å²) in [5, 5.41) is 12.0. The van der Waals surface area contributed by atoms with Gasteiger partial charge in [0.2, 0.25) is 11.8 Å². The van der Waals surface area contributed by atoms with Crippen molar-refractivity contribution in [1.82, 2.24) is 19.9 Å². The lowest BCUT2D eigenvalue weighted by atomic mass is 9.69. The molecule has 2 aliphatic heterocycles. The highest BCUT2D eigenvalue weighted by Gasteiger charge is 2.42. The third kappa shape index (κ3) is 3.81. The molecule has 9 nitrogen and oxygen atoms in total. The highest BCUT2D eigenvalue weighted by Crippen LogP contribution is 2.50. The second-order valence-corrected chi connectivity index (χ2v) is 10.1. The van der Waals surface area contributed by atoms with Crippen molar-refractivity contribution in [1.29, 1.82) is 0 Å². The summed E-state index contributed by atoms with van der Waals surface area (Å²) in [7, 11) is 0. The minimum atomic E-state index is -0.00824. The van der Waals surface area contributed by atoms with Crippen LogP contribution in [-0.4, -0.2) is 58.6 Å². The number of piperazine rings is 1. The maximum atomic E-state index is 5.99. The number of rotatable bonds is 4. The van der Waals surface area contributed by atoms with Crippen LogP contribution in [0.25, 0.3) is 11.1 Å². The van der Waals surface area contributed by atoms with E-state index < -0.39 is 0 Å². The van der Waals surface area contributed by atoms with Gasteiger partial charge in [-0.2, -0.15) is 5.11 Å². The molecule has 1 saturated heterocycles. The fourth-order valence-electron chi connectivity index (χ4n) is 5.70. The Balaban J connectivity index is 1.22. The molecule has 1 aliphatic carbocycles. The van der Waals surface area contributed by atoms with Crippen LogP contribution in [0.2, 0.25) is 0 Å². The maximum Gasteiger partial charge on any atom is 0.244 e. The monoisotopic (exact) mass is 460 g/mol. The molecule has 0 radical (unpaired) electrons. The van der Waals surface area contributed by atoms with E-state index in [0.29, 0.717) is 23.5 Å². The molecule has 3 aromatic heterocycles. The molecule has 34 heavy (non-hydrogen) atoms. The molecule has 3 aromatic rings. The van der Waals surface area contributed by atoms with E-state index in [1.807, 2.05) is 12.3 Å². The average molecular weight is 461 g/mol. The van der Waals surface area contributed by atoms with E-state index in [1.165, 1.54) is 19.3 Å². The molecular weight excluding hydrogens is 428 g/mol. The van der Waals surface area contributed by atoms with Crippen molar-refractivity contribution in [2.45, 2.75) is 57.4 Å². The number of azo groups is 1. The summed E-state index contributed by atoms with van der Waals surface area (Å²) in [5.41, 5.74) is 3.79. The largest absolute Gasteiger partial charge is 0.433 e. The van der Waals surface area contributed by atoms with Crippen LogP contribution in [0.5, 0.6) is 0 Å². The zero-order valence-corrected chi connectivity index (χ0v) is 20.0. The summed E-state index contributed by atoms with van der Waals surface area (Å²) in [6, 6.07) is 4.72. The molecule has 178 valence electrons. The Morgan fingerprint density at radius 3 is 2.56 bits per heavy atom. The Labute approximate surface area is 199 Å². The van der Waals surface area contributed by atoms with Gasteiger partial charge < -0.3 is 14.6 Å². The number of nitrogens with one attached hydrogen (secondary N) is 1. The fourth-order valence-corrected chi connectivity index (χ4v) is 5.70. The van der Waals surface area contributed by atoms with Gasteiger partial charge in [-0.05, 0) is 38.8 Å². The van der Waals surface area contributed by atoms with Crippen molar-refractivity contribution >= 4 is 34.4 Å². The molecule has 0 aromatic carbocycles. The van der Waals surface area contributed by atoms with Crippen LogP contribution in [-0.2, 0) is 5.41 Å². The van der Waals surface area contributed by atoms with Crippen molar-refractivity contribution < 1.29 is 4.42 Å². The number of anilines is 3. The van der Waals surface area contributed by atoms with E-state index >= 15 is 0 Å². The first-order valence-electron chi connectivity index (χ1n) is 12.5. The Morgan fingerprint density at radius 1 is 1.00 bits per heavy atom. The summed E-state index contributed by atoms with van der Waals surface area (Å²) in [6.45, 7) is 9.46. The zero-order chi connectivity index (χ0) is 23.1. The lowest BCUT2D eigenvalue weighted by Gasteiger charge is -2.38. The van der Waals surface area contributed by atoms with Crippen LogP contribution >= 0.6 is 0 Å². The van der Waals surface area contributed by atoms with Gasteiger partial charge in [0.05, 0.1) is 30.2 Å². The van der Waals surface area contributed by atoms with Crippen molar-refractivity contribution in [3.05, 3.63) is 30.1 Å². The number of aromatic nitrogens is 3. The highest BCUT2D eigenvalue weighted by atomic mass is 16.4. The molecule has 9 heteroatoms. The minimum Gasteiger partial charge on any atom is -0.433 e. The molecule has 0 amide bonds. The first-order chi connectivity index (χ1) is 16.6. The number of pyridine rings is 1. The maximum absolute atomic E-state index is 5.99. The molecule has 0 atom stereocenters. The SMILES string of the molecule is CC(C)N1CCN(c2ccc(Nc3ncc4oc5c(c4n3)C3(CCCCC3)CN=N5)nc2)CC1. The summed E-state index contributed by atoms with van der Waals surface area (Å²) in [4.78, 5) is 18.9. The van der Waals surface area contributed by atoms with Gasteiger partial charge in [-0.15, -0.1) is 5.11 Å². The number of fused-ring (bicyclic) bond motifs is 4. The summed E-state index contributed by atoms with van der Waals surface area (Å²) >= 11 is 0. The third-order valence-corrected chi connectivity index (χ3v) is 7.69. The van der Waals surface area contributed by atoms with Gasteiger partial charge >= 0.3 is 0 Å².